The molecule has 220 valence electrons. The summed E-state index contributed by atoms with van der Waals surface area (Å²) in [6.45, 7) is -6.36. The molecule has 2 aliphatic rings. The Kier molecular flexibility index (Phi) is 6.97. The van der Waals surface area contributed by atoms with Crippen molar-refractivity contribution in [1.29, 1.82) is 0 Å². The minimum Gasteiger partial charge on any atom is -0.394 e. The third-order valence-electron chi connectivity index (χ3n) is 6.83. The van der Waals surface area contributed by atoms with Gasteiger partial charge in [-0.3, -0.25) is 32.8 Å². The number of nitrogens with zero attached hydrogens (tertiary/aromatic N) is 6. The third-order valence-corrected chi connectivity index (χ3v) is 8.44. The Hall–Kier alpha value is -3.23. The fourth-order valence-electron chi connectivity index (χ4n) is 4.86. The van der Waals surface area contributed by atoms with Crippen molar-refractivity contribution in [2.24, 2.45) is 0 Å². The molecule has 0 spiro atoms. The first-order valence-electron chi connectivity index (χ1n) is 12.0. The number of aromatic amines is 2. The van der Waals surface area contributed by atoms with E-state index in [1.807, 2.05) is 0 Å². The zero-order valence-corrected chi connectivity index (χ0v) is 22.5. The smallest absolute Gasteiger partial charge is 0.388 e. The average molecular weight is 615 g/mol. The molecule has 4 aromatic rings. The molecule has 6 rings (SSSR count). The number of aliphatic hydroxyl groups is 2. The number of hydrogen-bond donors (Lipinski definition) is 6. The summed E-state index contributed by atoms with van der Waals surface area (Å²) in [5.41, 5.74) is 2.08. The molecular weight excluding hydrogens is 592 g/mol. The normalized spacial score (nSPS) is 29.9. The second-order valence-electron chi connectivity index (χ2n) is 9.36. The van der Waals surface area contributed by atoms with Crippen LogP contribution in [0.15, 0.2) is 28.6 Å². The molecule has 2 saturated heterocycles. The molecule has 21 heteroatoms. The topological polar surface area (TPSA) is 248 Å². The number of ether oxygens (including phenoxy) is 2. The van der Waals surface area contributed by atoms with E-state index >= 15 is 4.39 Å². The number of nitrogen functional groups attached to an aromatic ring is 1. The van der Waals surface area contributed by atoms with Gasteiger partial charge < -0.3 is 30.4 Å². The van der Waals surface area contributed by atoms with Crippen LogP contribution in [0.1, 0.15) is 12.6 Å². The lowest BCUT2D eigenvalue weighted by molar-refractivity contribution is -0.0717. The highest BCUT2D eigenvalue weighted by molar-refractivity contribution is 8.44. The standard InChI is InChI=1S/C20H23FN9O9PS/c21-14-9(2-31)36-4-20(14,30-7-26-13-16(30)27-19(22)28-18(13)34)39-40(35,41)37-3-10-8(32)1-11(38-10)29-6-25-12-15(29)23-5-24-17(12)33/h5-11,14,31-32H,1-4H2,(H,35,41)(H,23,24,33)(H3,22,27,28,34)/t8-,9+,10+,11+,14+,20-,40+/m0/s1. The van der Waals surface area contributed by atoms with Gasteiger partial charge in [-0.25, -0.2) is 23.9 Å². The number of aromatic nitrogens is 8. The maximum Gasteiger partial charge on any atom is 0.388 e. The molecule has 6 N–H and O–H groups in total. The number of fused-ring (bicyclic) bond motifs is 2. The van der Waals surface area contributed by atoms with Crippen LogP contribution in [0.5, 0.6) is 0 Å². The lowest BCUT2D eigenvalue weighted by Crippen LogP contribution is -2.46. The highest BCUT2D eigenvalue weighted by Gasteiger charge is 2.57. The first-order chi connectivity index (χ1) is 19.5. The molecule has 0 aliphatic carbocycles. The number of anilines is 1. The van der Waals surface area contributed by atoms with E-state index in [0.717, 1.165) is 10.9 Å². The van der Waals surface area contributed by atoms with Crippen molar-refractivity contribution in [2.75, 3.05) is 25.6 Å². The quantitative estimate of drug-likeness (QED) is 0.102. The van der Waals surface area contributed by atoms with Crippen LogP contribution in [0.3, 0.4) is 0 Å². The van der Waals surface area contributed by atoms with Gasteiger partial charge in [-0.1, -0.05) is 12.2 Å². The minimum absolute atomic E-state index is 0.0525. The molecule has 0 radical (unpaired) electrons. The van der Waals surface area contributed by atoms with Gasteiger partial charge in [0.1, 0.15) is 18.4 Å². The van der Waals surface area contributed by atoms with Gasteiger partial charge >= 0.3 is 6.80 Å². The van der Waals surface area contributed by atoms with Crippen LogP contribution in [-0.2, 0) is 28.8 Å². The first-order valence-corrected chi connectivity index (χ1v) is 14.7. The number of nitrogens with two attached hydrogens (primary N) is 1. The van der Waals surface area contributed by atoms with Crippen molar-refractivity contribution in [1.82, 2.24) is 39.0 Å². The SMILES string of the molecule is Nc1nc2c(ncn2[C@]2(O[P@](=O)(S)OC[C@H]3O[C@@H](n4cnc5c(=O)[nH]cnc54)C[C@@H]3O)CO[C@H](CO)[C@H]2F)c(=O)[nH]1. The van der Waals surface area contributed by atoms with Crippen LogP contribution >= 0.6 is 19.0 Å². The summed E-state index contributed by atoms with van der Waals surface area (Å²) in [4.78, 5) is 45.0. The Morgan fingerprint density at radius 1 is 1.22 bits per heavy atom. The summed E-state index contributed by atoms with van der Waals surface area (Å²) < 4.78 is 53.9. The second-order valence-corrected chi connectivity index (χ2v) is 12.2. The van der Waals surface area contributed by atoms with E-state index in [1.165, 1.54) is 17.2 Å². The summed E-state index contributed by atoms with van der Waals surface area (Å²) in [6, 6.07) is 0. The second kappa shape index (κ2) is 10.2. The van der Waals surface area contributed by atoms with Gasteiger partial charge in [-0.05, 0) is 0 Å². The molecule has 0 bridgehead atoms. The highest BCUT2D eigenvalue weighted by atomic mass is 32.7. The lowest BCUT2D eigenvalue weighted by Gasteiger charge is -2.33. The summed E-state index contributed by atoms with van der Waals surface area (Å²) in [5, 5.41) is 20.2. The zero-order valence-electron chi connectivity index (χ0n) is 20.7. The maximum absolute atomic E-state index is 15.8. The van der Waals surface area contributed by atoms with Crippen molar-refractivity contribution in [3.63, 3.8) is 0 Å². The fourth-order valence-corrected chi connectivity index (χ4v) is 6.51. The number of nitrogens with one attached hydrogen (secondary N) is 2. The molecule has 0 unspecified atom stereocenters. The van der Waals surface area contributed by atoms with Gasteiger partial charge in [0, 0.05) is 6.42 Å². The van der Waals surface area contributed by atoms with E-state index in [0.29, 0.717) is 0 Å². The van der Waals surface area contributed by atoms with Gasteiger partial charge in [0.25, 0.3) is 11.1 Å². The molecule has 7 atom stereocenters. The van der Waals surface area contributed by atoms with Crippen molar-refractivity contribution in [3.8, 4) is 0 Å². The predicted molar refractivity (Wildman–Crippen MR) is 139 cm³/mol. The van der Waals surface area contributed by atoms with Crippen molar-refractivity contribution < 1.29 is 37.7 Å². The Bertz CT molecular complexity index is 1780. The van der Waals surface area contributed by atoms with Crippen molar-refractivity contribution in [3.05, 3.63) is 39.7 Å². The van der Waals surface area contributed by atoms with Gasteiger partial charge in [0.15, 0.2) is 28.5 Å². The Morgan fingerprint density at radius 3 is 2.73 bits per heavy atom. The van der Waals surface area contributed by atoms with Crippen molar-refractivity contribution >= 4 is 47.3 Å². The van der Waals surface area contributed by atoms with Crippen LogP contribution in [0.2, 0.25) is 0 Å². The molecule has 2 aliphatic heterocycles. The zero-order chi connectivity index (χ0) is 29.1. The molecule has 0 saturated carbocycles. The highest BCUT2D eigenvalue weighted by Crippen LogP contribution is 2.59. The van der Waals surface area contributed by atoms with E-state index in [1.54, 1.807) is 0 Å². The number of hydrogen-bond acceptors (Lipinski definition) is 14. The number of rotatable bonds is 8. The largest absolute Gasteiger partial charge is 0.394 e. The van der Waals surface area contributed by atoms with Gasteiger partial charge in [0.2, 0.25) is 11.7 Å². The fraction of sp³-hybridized carbons (Fsp3) is 0.500. The van der Waals surface area contributed by atoms with Crippen LogP contribution in [0.4, 0.5) is 10.3 Å². The summed E-state index contributed by atoms with van der Waals surface area (Å²) >= 11 is 4.00. The van der Waals surface area contributed by atoms with E-state index in [-0.39, 0.29) is 34.7 Å². The van der Waals surface area contributed by atoms with Crippen molar-refractivity contribution in [2.45, 2.75) is 42.9 Å². The number of aliphatic hydroxyl groups excluding tert-OH is 2. The van der Waals surface area contributed by atoms with Crippen LogP contribution < -0.4 is 16.9 Å². The summed E-state index contributed by atoms with van der Waals surface area (Å²) in [7, 11) is 0. The molecule has 0 aromatic carbocycles. The molecule has 41 heavy (non-hydrogen) atoms. The molecule has 6 heterocycles. The summed E-state index contributed by atoms with van der Waals surface area (Å²) in [5.74, 6) is -0.301. The van der Waals surface area contributed by atoms with Gasteiger partial charge in [-0.15, -0.1) is 0 Å². The minimum atomic E-state index is -4.50. The number of halogens is 1. The Balaban J connectivity index is 1.23. The average Bonchev–Trinajstić information content (AvgIpc) is 3.69. The lowest BCUT2D eigenvalue weighted by atomic mass is 10.1. The van der Waals surface area contributed by atoms with Gasteiger partial charge in [0.05, 0.1) is 44.9 Å². The third kappa shape index (κ3) is 4.75. The predicted octanol–water partition coefficient (Wildman–Crippen LogP) is -1.06. The molecule has 18 nitrogen and oxygen atoms in total. The van der Waals surface area contributed by atoms with E-state index < -0.39 is 74.2 Å². The number of alkyl halides is 1. The maximum atomic E-state index is 15.8. The van der Waals surface area contributed by atoms with Gasteiger partial charge in [-0.2, -0.15) is 4.98 Å². The number of imidazole rings is 2. The number of H-pyrrole nitrogens is 2. The van der Waals surface area contributed by atoms with Crippen LogP contribution in [0.25, 0.3) is 22.3 Å². The van der Waals surface area contributed by atoms with E-state index in [4.69, 9.17) is 24.3 Å². The van der Waals surface area contributed by atoms with E-state index in [2.05, 4.69) is 42.2 Å². The Morgan fingerprint density at radius 2 is 1.98 bits per heavy atom. The molecular formula is C20H23FN9O9PS. The van der Waals surface area contributed by atoms with Crippen LogP contribution in [0, 0.1) is 0 Å². The molecule has 0 amide bonds. The van der Waals surface area contributed by atoms with E-state index in [9.17, 15) is 24.4 Å². The van der Waals surface area contributed by atoms with Crippen LogP contribution in [-0.4, -0.2) is 93.6 Å². The first kappa shape index (κ1) is 27.9. The Labute approximate surface area is 232 Å². The molecule has 2 fully saturated rings. The monoisotopic (exact) mass is 615 g/mol. The number of thiol groups is 1. The molecule has 4 aromatic heterocycles. The summed E-state index contributed by atoms with van der Waals surface area (Å²) in [6.07, 6.45) is -2.87.